The first-order chi connectivity index (χ1) is 30.7. The SMILES string of the molecule is CC1(c2ccccc2)c2ccccc2-c2c(N(c3ccccc3C3=c4c(C5CCCCC5)cccc4=CCC3)c3cccc4c3c3ccccc3n4-c3ccccc3)cccc21. The summed E-state index contributed by atoms with van der Waals surface area (Å²) in [5.74, 6) is 0.603. The number of para-hydroxylation sites is 3. The third-order valence-corrected chi connectivity index (χ3v) is 14.5. The minimum atomic E-state index is -0.328. The van der Waals surface area contributed by atoms with Crippen LogP contribution < -0.4 is 15.3 Å². The Labute approximate surface area is 364 Å². The second-order valence-electron chi connectivity index (χ2n) is 17.8. The van der Waals surface area contributed by atoms with E-state index in [0.717, 1.165) is 18.5 Å². The predicted octanol–water partition coefficient (Wildman–Crippen LogP) is 14.4. The number of hydrogen-bond acceptors (Lipinski definition) is 1. The van der Waals surface area contributed by atoms with Gasteiger partial charge in [-0.25, -0.2) is 0 Å². The molecule has 2 nitrogen and oxygen atoms in total. The van der Waals surface area contributed by atoms with Crippen LogP contribution in [-0.2, 0) is 5.41 Å². The lowest BCUT2D eigenvalue weighted by atomic mass is 9.74. The molecule has 0 bridgehead atoms. The zero-order chi connectivity index (χ0) is 41.2. The van der Waals surface area contributed by atoms with Crippen molar-refractivity contribution < 1.29 is 0 Å². The predicted molar refractivity (Wildman–Crippen MR) is 261 cm³/mol. The number of anilines is 3. The zero-order valence-electron chi connectivity index (χ0n) is 35.4. The molecule has 1 heterocycles. The molecule has 12 rings (SSSR count). The number of rotatable bonds is 7. The van der Waals surface area contributed by atoms with Gasteiger partial charge in [0.15, 0.2) is 0 Å². The molecule has 8 aromatic carbocycles. The van der Waals surface area contributed by atoms with Crippen LogP contribution in [0.2, 0.25) is 0 Å². The fraction of sp³-hybridized carbons (Fsp3) is 0.167. The highest BCUT2D eigenvalue weighted by molar-refractivity contribution is 6.17. The Hall–Kier alpha value is -6.90. The Bertz CT molecular complexity index is 3300. The molecule has 0 radical (unpaired) electrons. The lowest BCUT2D eigenvalue weighted by molar-refractivity contribution is 0.442. The first kappa shape index (κ1) is 36.9. The molecule has 0 N–H and O–H groups in total. The maximum Gasteiger partial charge on any atom is 0.0562 e. The molecule has 0 amide bonds. The van der Waals surface area contributed by atoms with Gasteiger partial charge in [0.25, 0.3) is 0 Å². The van der Waals surface area contributed by atoms with Crippen LogP contribution in [0.1, 0.15) is 85.6 Å². The molecule has 2 heteroatoms. The second-order valence-corrected chi connectivity index (χ2v) is 17.8. The number of hydrogen-bond donors (Lipinski definition) is 0. The van der Waals surface area contributed by atoms with Gasteiger partial charge in [0.1, 0.15) is 0 Å². The van der Waals surface area contributed by atoms with Crippen LogP contribution >= 0.6 is 0 Å². The molecule has 0 saturated heterocycles. The summed E-state index contributed by atoms with van der Waals surface area (Å²) < 4.78 is 2.45. The molecule has 1 aromatic heterocycles. The van der Waals surface area contributed by atoms with Crippen LogP contribution in [0.25, 0.3) is 50.3 Å². The van der Waals surface area contributed by atoms with Crippen LogP contribution in [0.5, 0.6) is 0 Å². The summed E-state index contributed by atoms with van der Waals surface area (Å²) >= 11 is 0. The van der Waals surface area contributed by atoms with E-state index in [0.29, 0.717) is 5.92 Å². The Morgan fingerprint density at radius 2 is 1.18 bits per heavy atom. The Balaban J connectivity index is 1.20. The van der Waals surface area contributed by atoms with Crippen molar-refractivity contribution in [1.29, 1.82) is 0 Å². The molecule has 1 saturated carbocycles. The van der Waals surface area contributed by atoms with Crippen molar-refractivity contribution in [2.24, 2.45) is 0 Å². The van der Waals surface area contributed by atoms with E-state index in [1.165, 1.54) is 120 Å². The van der Waals surface area contributed by atoms with Gasteiger partial charge in [-0.2, -0.15) is 0 Å². The van der Waals surface area contributed by atoms with E-state index >= 15 is 0 Å². The topological polar surface area (TPSA) is 8.17 Å². The van der Waals surface area contributed by atoms with E-state index in [2.05, 4.69) is 211 Å². The van der Waals surface area contributed by atoms with Gasteiger partial charge in [0.05, 0.1) is 28.1 Å². The molecule has 9 aromatic rings. The summed E-state index contributed by atoms with van der Waals surface area (Å²) in [5.41, 5.74) is 17.8. The number of fused-ring (bicyclic) bond motifs is 7. The molecule has 0 aliphatic heterocycles. The van der Waals surface area contributed by atoms with E-state index in [-0.39, 0.29) is 5.41 Å². The highest BCUT2D eigenvalue weighted by atomic mass is 15.2. The van der Waals surface area contributed by atoms with Crippen molar-refractivity contribution in [2.75, 3.05) is 4.90 Å². The smallest absolute Gasteiger partial charge is 0.0562 e. The molecule has 62 heavy (non-hydrogen) atoms. The summed E-state index contributed by atoms with van der Waals surface area (Å²) in [7, 11) is 0. The van der Waals surface area contributed by atoms with E-state index < -0.39 is 0 Å². The Morgan fingerprint density at radius 1 is 0.532 bits per heavy atom. The van der Waals surface area contributed by atoms with Crippen LogP contribution in [0.15, 0.2) is 188 Å². The lowest BCUT2D eigenvalue weighted by Gasteiger charge is -2.33. The summed E-state index contributed by atoms with van der Waals surface area (Å²) in [6, 6.07) is 70.7. The largest absolute Gasteiger partial charge is 0.309 e. The second kappa shape index (κ2) is 14.9. The van der Waals surface area contributed by atoms with Crippen LogP contribution in [0.3, 0.4) is 0 Å². The average Bonchev–Trinajstić information content (AvgIpc) is 3.83. The van der Waals surface area contributed by atoms with Gasteiger partial charge in [-0.3, -0.25) is 0 Å². The van der Waals surface area contributed by atoms with Crippen molar-refractivity contribution in [3.63, 3.8) is 0 Å². The van der Waals surface area contributed by atoms with Gasteiger partial charge in [-0.05, 0) is 125 Å². The maximum absolute atomic E-state index is 2.65. The third kappa shape index (κ3) is 5.62. The molecule has 3 aliphatic carbocycles. The summed E-state index contributed by atoms with van der Waals surface area (Å²) in [6.45, 7) is 2.43. The van der Waals surface area contributed by atoms with Gasteiger partial charge in [0.2, 0.25) is 0 Å². The van der Waals surface area contributed by atoms with Crippen LogP contribution in [0, 0.1) is 0 Å². The molecule has 1 fully saturated rings. The van der Waals surface area contributed by atoms with Crippen LogP contribution in [-0.4, -0.2) is 4.57 Å². The Morgan fingerprint density at radius 3 is 2.03 bits per heavy atom. The van der Waals surface area contributed by atoms with Gasteiger partial charge >= 0.3 is 0 Å². The van der Waals surface area contributed by atoms with Crippen LogP contribution in [0.4, 0.5) is 17.1 Å². The monoisotopic (exact) mass is 798 g/mol. The highest BCUT2D eigenvalue weighted by Crippen LogP contribution is 2.58. The van der Waals surface area contributed by atoms with Crippen molar-refractivity contribution in [2.45, 2.75) is 63.2 Å². The standard InChI is InChI=1S/C60H50N2/c1-60(43-25-7-3-8-26-43)50-34-14-11-30-48(50)58-51(60)35-19-38-54(58)62(56-40-20-39-55-59(56)49-31-13-16-37-53(49)61(55)44-27-9-4-10-28-44)52-36-15-12-29-46(52)47-33-18-24-42-23-17-32-45(57(42)47)41-21-5-2-6-22-41/h3-4,7-17,19-20,23-32,34-41H,2,5-6,18,21-22,33H2,1H3. The number of nitrogens with zero attached hydrogens (tertiary/aromatic N) is 2. The zero-order valence-corrected chi connectivity index (χ0v) is 35.4. The molecular formula is C60H50N2. The summed E-state index contributed by atoms with van der Waals surface area (Å²) in [6.07, 6.45) is 11.1. The first-order valence-corrected chi connectivity index (χ1v) is 22.8. The maximum atomic E-state index is 2.65. The average molecular weight is 799 g/mol. The molecule has 3 aliphatic rings. The van der Waals surface area contributed by atoms with E-state index in [1.807, 2.05) is 0 Å². The quantitative estimate of drug-likeness (QED) is 0.156. The summed E-state index contributed by atoms with van der Waals surface area (Å²) in [4.78, 5) is 2.65. The lowest BCUT2D eigenvalue weighted by Crippen LogP contribution is -2.35. The van der Waals surface area contributed by atoms with Gasteiger partial charge in [-0.15, -0.1) is 0 Å². The fourth-order valence-corrected chi connectivity index (χ4v) is 11.8. The Kier molecular flexibility index (Phi) is 8.88. The number of aromatic nitrogens is 1. The van der Waals surface area contributed by atoms with Crippen molar-refractivity contribution >= 4 is 50.5 Å². The van der Waals surface area contributed by atoms with E-state index in [4.69, 9.17) is 0 Å². The molecule has 1 unspecified atom stereocenters. The minimum absolute atomic E-state index is 0.328. The van der Waals surface area contributed by atoms with Crippen molar-refractivity contribution in [3.05, 3.63) is 226 Å². The fourth-order valence-electron chi connectivity index (χ4n) is 11.8. The minimum Gasteiger partial charge on any atom is -0.309 e. The van der Waals surface area contributed by atoms with E-state index in [9.17, 15) is 0 Å². The first-order valence-electron chi connectivity index (χ1n) is 22.8. The van der Waals surface area contributed by atoms with Gasteiger partial charge in [-0.1, -0.05) is 171 Å². The van der Waals surface area contributed by atoms with Gasteiger partial charge < -0.3 is 9.47 Å². The highest BCUT2D eigenvalue weighted by Gasteiger charge is 2.43. The molecule has 0 spiro atoms. The van der Waals surface area contributed by atoms with Crippen molar-refractivity contribution in [3.8, 4) is 16.8 Å². The normalized spacial score (nSPS) is 17.1. The van der Waals surface area contributed by atoms with Crippen molar-refractivity contribution in [1.82, 2.24) is 4.57 Å². The summed E-state index contributed by atoms with van der Waals surface area (Å²) in [5, 5.41) is 5.38. The third-order valence-electron chi connectivity index (χ3n) is 14.5. The molecule has 300 valence electrons. The number of benzene rings is 8. The van der Waals surface area contributed by atoms with Gasteiger partial charge in [0, 0.05) is 33.0 Å². The van der Waals surface area contributed by atoms with E-state index in [1.54, 1.807) is 5.56 Å². The molecular weight excluding hydrogens is 749 g/mol. The molecule has 1 atom stereocenters.